The lowest BCUT2D eigenvalue weighted by atomic mass is 10.0. The van der Waals surface area contributed by atoms with E-state index in [4.69, 9.17) is 9.47 Å². The van der Waals surface area contributed by atoms with Crippen molar-refractivity contribution in [1.29, 1.82) is 0 Å². The SMILES string of the molecule is COC(=O)c1c(/C=C(\C)[O-])cc(OC)cc1OC. The zero-order chi connectivity index (χ0) is 13.7. The van der Waals surface area contributed by atoms with Crippen LogP contribution in [0.1, 0.15) is 22.8 Å². The van der Waals surface area contributed by atoms with Crippen molar-refractivity contribution in [3.63, 3.8) is 0 Å². The third-order valence-electron chi connectivity index (χ3n) is 2.31. The zero-order valence-corrected chi connectivity index (χ0v) is 10.8. The molecule has 0 heterocycles. The molecule has 5 heteroatoms. The van der Waals surface area contributed by atoms with Crippen LogP contribution in [0.3, 0.4) is 0 Å². The predicted molar refractivity (Wildman–Crippen MR) is 64.5 cm³/mol. The van der Waals surface area contributed by atoms with E-state index >= 15 is 0 Å². The molecule has 0 aliphatic rings. The van der Waals surface area contributed by atoms with Crippen LogP contribution in [0.25, 0.3) is 6.08 Å². The maximum Gasteiger partial charge on any atom is 0.342 e. The van der Waals surface area contributed by atoms with Crippen LogP contribution < -0.4 is 14.6 Å². The van der Waals surface area contributed by atoms with Gasteiger partial charge in [-0.25, -0.2) is 4.79 Å². The number of benzene rings is 1. The van der Waals surface area contributed by atoms with Crippen LogP contribution in [0.5, 0.6) is 11.5 Å². The van der Waals surface area contributed by atoms with Gasteiger partial charge in [0.25, 0.3) is 0 Å². The summed E-state index contributed by atoms with van der Waals surface area (Å²) in [6.07, 6.45) is 1.33. The largest absolute Gasteiger partial charge is 0.876 e. The van der Waals surface area contributed by atoms with E-state index in [9.17, 15) is 9.90 Å². The third kappa shape index (κ3) is 2.94. The highest BCUT2D eigenvalue weighted by atomic mass is 16.5. The number of allylic oxidation sites excluding steroid dienone is 1. The van der Waals surface area contributed by atoms with Crippen LogP contribution in [-0.4, -0.2) is 27.3 Å². The Balaban J connectivity index is 3.51. The maximum atomic E-state index is 11.7. The second kappa shape index (κ2) is 5.95. The molecule has 0 N–H and O–H groups in total. The minimum Gasteiger partial charge on any atom is -0.876 e. The summed E-state index contributed by atoms with van der Waals surface area (Å²) >= 11 is 0. The van der Waals surface area contributed by atoms with E-state index in [1.807, 2.05) is 0 Å². The second-order valence-electron chi connectivity index (χ2n) is 3.54. The molecule has 0 spiro atoms. The summed E-state index contributed by atoms with van der Waals surface area (Å²) in [6, 6.07) is 3.14. The first-order valence-electron chi connectivity index (χ1n) is 5.23. The van der Waals surface area contributed by atoms with Crippen molar-refractivity contribution in [3.8, 4) is 11.5 Å². The van der Waals surface area contributed by atoms with Crippen molar-refractivity contribution in [1.82, 2.24) is 0 Å². The molecule has 0 atom stereocenters. The molecule has 1 aromatic rings. The number of methoxy groups -OCH3 is 3. The number of hydrogen-bond donors (Lipinski definition) is 0. The average Bonchev–Trinajstić information content (AvgIpc) is 2.36. The van der Waals surface area contributed by atoms with Gasteiger partial charge >= 0.3 is 5.97 Å². The summed E-state index contributed by atoms with van der Waals surface area (Å²) in [5, 5.41) is 11.2. The van der Waals surface area contributed by atoms with E-state index in [0.29, 0.717) is 17.1 Å². The molecule has 0 saturated carbocycles. The van der Waals surface area contributed by atoms with Crippen molar-refractivity contribution >= 4 is 12.0 Å². The number of carbonyl (C=O) groups is 1. The summed E-state index contributed by atoms with van der Waals surface area (Å²) in [5.74, 6) is 0.0400. The van der Waals surface area contributed by atoms with E-state index in [1.165, 1.54) is 34.3 Å². The van der Waals surface area contributed by atoms with Crippen LogP contribution in [0.15, 0.2) is 17.9 Å². The molecule has 0 amide bonds. The number of hydrogen-bond acceptors (Lipinski definition) is 5. The van der Waals surface area contributed by atoms with Crippen LogP contribution in [0.2, 0.25) is 0 Å². The molecule has 0 unspecified atom stereocenters. The number of esters is 1. The Morgan fingerprint density at radius 3 is 2.33 bits per heavy atom. The molecule has 1 aromatic carbocycles. The molecule has 98 valence electrons. The van der Waals surface area contributed by atoms with Crippen LogP contribution in [-0.2, 0) is 4.74 Å². The molecule has 0 aromatic heterocycles. The Labute approximate surface area is 106 Å². The second-order valence-corrected chi connectivity index (χ2v) is 3.54. The van der Waals surface area contributed by atoms with E-state index < -0.39 is 5.97 Å². The number of rotatable bonds is 4. The van der Waals surface area contributed by atoms with Gasteiger partial charge in [0.05, 0.1) is 21.3 Å². The molecule has 0 saturated heterocycles. The van der Waals surface area contributed by atoms with Crippen LogP contribution in [0.4, 0.5) is 0 Å². The first-order chi connectivity index (χ1) is 8.53. The Morgan fingerprint density at radius 2 is 1.89 bits per heavy atom. The van der Waals surface area contributed by atoms with Gasteiger partial charge in [0.1, 0.15) is 17.1 Å². The average molecular weight is 251 g/mol. The van der Waals surface area contributed by atoms with Crippen molar-refractivity contribution in [3.05, 3.63) is 29.0 Å². The standard InChI is InChI=1S/C13H16O5/c1-8(14)5-9-6-10(16-2)7-11(17-3)12(9)13(15)18-4/h5-7,14H,1-4H3/p-1/b8-5+. The monoisotopic (exact) mass is 251 g/mol. The van der Waals surface area contributed by atoms with Gasteiger partial charge in [0, 0.05) is 6.07 Å². The lowest BCUT2D eigenvalue weighted by Crippen LogP contribution is -2.08. The summed E-state index contributed by atoms with van der Waals surface area (Å²) in [7, 11) is 4.19. The summed E-state index contributed by atoms with van der Waals surface area (Å²) in [6.45, 7) is 1.40. The normalized spacial score (nSPS) is 11.0. The van der Waals surface area contributed by atoms with Crippen molar-refractivity contribution in [2.75, 3.05) is 21.3 Å². The fourth-order valence-electron chi connectivity index (χ4n) is 1.54. The molecule has 1 rings (SSSR count). The molecule has 18 heavy (non-hydrogen) atoms. The molecular weight excluding hydrogens is 236 g/mol. The van der Waals surface area contributed by atoms with Crippen molar-refractivity contribution < 1.29 is 24.1 Å². The maximum absolute atomic E-state index is 11.7. The Kier molecular flexibility index (Phi) is 4.59. The van der Waals surface area contributed by atoms with Gasteiger partial charge in [-0.2, -0.15) is 0 Å². The predicted octanol–water partition coefficient (Wildman–Crippen LogP) is 1.21. The zero-order valence-electron chi connectivity index (χ0n) is 10.8. The molecular formula is C13H15O5-. The smallest absolute Gasteiger partial charge is 0.342 e. The number of ether oxygens (including phenoxy) is 3. The van der Waals surface area contributed by atoms with Crippen LogP contribution in [0, 0.1) is 0 Å². The van der Waals surface area contributed by atoms with Gasteiger partial charge in [-0.1, -0.05) is 13.0 Å². The van der Waals surface area contributed by atoms with E-state index in [2.05, 4.69) is 4.74 Å². The summed E-state index contributed by atoms with van der Waals surface area (Å²) < 4.78 is 14.9. The van der Waals surface area contributed by atoms with Crippen molar-refractivity contribution in [2.45, 2.75) is 6.92 Å². The molecule has 0 bridgehead atoms. The molecule has 0 aliphatic heterocycles. The van der Waals surface area contributed by atoms with Gasteiger partial charge in [0.15, 0.2) is 0 Å². The first kappa shape index (κ1) is 13.9. The topological polar surface area (TPSA) is 67.8 Å². The third-order valence-corrected chi connectivity index (χ3v) is 2.31. The lowest BCUT2D eigenvalue weighted by Gasteiger charge is -2.14. The summed E-state index contributed by atoms with van der Waals surface area (Å²) in [4.78, 5) is 11.7. The highest BCUT2D eigenvalue weighted by molar-refractivity contribution is 5.97. The lowest BCUT2D eigenvalue weighted by molar-refractivity contribution is -0.299. The Hall–Kier alpha value is -2.17. The fraction of sp³-hybridized carbons (Fsp3) is 0.308. The van der Waals surface area contributed by atoms with Crippen LogP contribution >= 0.6 is 0 Å². The molecule has 0 radical (unpaired) electrons. The fourth-order valence-corrected chi connectivity index (χ4v) is 1.54. The van der Waals surface area contributed by atoms with E-state index in [1.54, 1.807) is 12.1 Å². The van der Waals surface area contributed by atoms with E-state index in [-0.39, 0.29) is 11.3 Å². The first-order valence-corrected chi connectivity index (χ1v) is 5.23. The van der Waals surface area contributed by atoms with Gasteiger partial charge < -0.3 is 19.3 Å². The highest BCUT2D eigenvalue weighted by Crippen LogP contribution is 2.30. The van der Waals surface area contributed by atoms with E-state index in [0.717, 1.165) is 0 Å². The summed E-state index contributed by atoms with van der Waals surface area (Å²) in [5.41, 5.74) is 0.613. The van der Waals surface area contributed by atoms with Gasteiger partial charge in [-0.05, 0) is 11.6 Å². The minimum absolute atomic E-state index is 0.185. The Morgan fingerprint density at radius 1 is 1.22 bits per heavy atom. The molecule has 5 nitrogen and oxygen atoms in total. The van der Waals surface area contributed by atoms with Crippen molar-refractivity contribution in [2.24, 2.45) is 0 Å². The van der Waals surface area contributed by atoms with Gasteiger partial charge in [-0.3, -0.25) is 0 Å². The Bertz CT molecular complexity index is 473. The van der Waals surface area contributed by atoms with Gasteiger partial charge in [0.2, 0.25) is 0 Å². The quantitative estimate of drug-likeness (QED) is 0.594. The van der Waals surface area contributed by atoms with Gasteiger partial charge in [-0.15, -0.1) is 5.76 Å². The number of carbonyl (C=O) groups excluding carboxylic acids is 1. The molecule has 0 aliphatic carbocycles. The highest BCUT2D eigenvalue weighted by Gasteiger charge is 2.18. The molecule has 0 fully saturated rings. The minimum atomic E-state index is -0.568.